The number of nitrogens with two attached hydrogens (primary N) is 1. The predicted molar refractivity (Wildman–Crippen MR) is 79.5 cm³/mol. The molecule has 5 heteroatoms. The van der Waals surface area contributed by atoms with Gasteiger partial charge < -0.3 is 16.0 Å². The Morgan fingerprint density at radius 3 is 2.71 bits per heavy atom. The fourth-order valence-electron chi connectivity index (χ4n) is 3.52. The van der Waals surface area contributed by atoms with E-state index < -0.39 is 5.91 Å². The minimum Gasteiger partial charge on any atom is -0.366 e. The fraction of sp³-hybridized carbons (Fsp3) is 0.500. The number of carbonyl (C=O) groups is 2. The quantitative estimate of drug-likeness (QED) is 0.867. The summed E-state index contributed by atoms with van der Waals surface area (Å²) in [6, 6.07) is 7.27. The number of rotatable bonds is 3. The number of piperidine rings is 1. The first-order chi connectivity index (χ1) is 10.1. The lowest BCUT2D eigenvalue weighted by molar-refractivity contribution is -0.128. The summed E-state index contributed by atoms with van der Waals surface area (Å²) in [5.41, 5.74) is 6.89. The van der Waals surface area contributed by atoms with Crippen molar-refractivity contribution < 1.29 is 9.59 Å². The second kappa shape index (κ2) is 5.48. The molecule has 1 aromatic carbocycles. The molecule has 1 aromatic rings. The van der Waals surface area contributed by atoms with Gasteiger partial charge in [-0.15, -0.1) is 0 Å². The van der Waals surface area contributed by atoms with Gasteiger partial charge in [-0.2, -0.15) is 0 Å². The van der Waals surface area contributed by atoms with Gasteiger partial charge in [-0.05, 0) is 43.0 Å². The van der Waals surface area contributed by atoms with E-state index in [1.165, 1.54) is 0 Å². The molecule has 21 heavy (non-hydrogen) atoms. The highest BCUT2D eigenvalue weighted by Crippen LogP contribution is 2.39. The van der Waals surface area contributed by atoms with Crippen LogP contribution >= 0.6 is 0 Å². The molecule has 2 aliphatic heterocycles. The molecule has 0 unspecified atom stereocenters. The maximum Gasteiger partial charge on any atom is 0.249 e. The smallest absolute Gasteiger partial charge is 0.249 e. The van der Waals surface area contributed by atoms with Gasteiger partial charge in [-0.1, -0.05) is 18.2 Å². The number of benzene rings is 1. The van der Waals surface area contributed by atoms with Crippen molar-refractivity contribution in [1.82, 2.24) is 10.2 Å². The van der Waals surface area contributed by atoms with Crippen LogP contribution in [0.25, 0.3) is 0 Å². The Morgan fingerprint density at radius 2 is 2.00 bits per heavy atom. The maximum absolute atomic E-state index is 12.3. The van der Waals surface area contributed by atoms with Crippen molar-refractivity contribution in [1.29, 1.82) is 0 Å². The number of nitrogens with zero attached hydrogens (tertiary/aromatic N) is 1. The van der Waals surface area contributed by atoms with Gasteiger partial charge in [0.05, 0.1) is 0 Å². The topological polar surface area (TPSA) is 75.4 Å². The molecule has 2 fully saturated rings. The summed E-state index contributed by atoms with van der Waals surface area (Å²) < 4.78 is 0. The number of amides is 2. The molecule has 2 amide bonds. The third-order valence-corrected chi connectivity index (χ3v) is 4.71. The summed E-state index contributed by atoms with van der Waals surface area (Å²) in [7, 11) is 0. The van der Waals surface area contributed by atoms with Crippen molar-refractivity contribution in [3.63, 3.8) is 0 Å². The van der Waals surface area contributed by atoms with E-state index in [4.69, 9.17) is 5.73 Å². The van der Waals surface area contributed by atoms with Crippen LogP contribution in [-0.2, 0) is 11.3 Å². The number of hydrogen-bond acceptors (Lipinski definition) is 3. The van der Waals surface area contributed by atoms with Crippen molar-refractivity contribution in [2.45, 2.75) is 25.8 Å². The van der Waals surface area contributed by atoms with E-state index in [0.717, 1.165) is 38.0 Å². The Balaban J connectivity index is 1.77. The molecule has 0 saturated carbocycles. The fourth-order valence-corrected chi connectivity index (χ4v) is 3.52. The Labute approximate surface area is 124 Å². The van der Waals surface area contributed by atoms with Gasteiger partial charge in [0.15, 0.2) is 0 Å². The molecule has 0 aliphatic carbocycles. The van der Waals surface area contributed by atoms with Gasteiger partial charge in [-0.25, -0.2) is 0 Å². The molecule has 1 spiro atoms. The zero-order chi connectivity index (χ0) is 14.9. The highest BCUT2D eigenvalue weighted by Gasteiger charge is 2.43. The molecule has 2 aliphatic rings. The van der Waals surface area contributed by atoms with E-state index in [1.54, 1.807) is 12.1 Å². The summed E-state index contributed by atoms with van der Waals surface area (Å²) in [5.74, 6) is -0.245. The molecule has 3 rings (SSSR count). The van der Waals surface area contributed by atoms with Gasteiger partial charge in [-0.3, -0.25) is 9.59 Å². The normalized spacial score (nSPS) is 21.0. The van der Waals surface area contributed by atoms with E-state index in [9.17, 15) is 9.59 Å². The summed E-state index contributed by atoms with van der Waals surface area (Å²) in [6.45, 7) is 3.24. The Bertz CT molecular complexity index is 564. The number of primary amides is 1. The summed E-state index contributed by atoms with van der Waals surface area (Å²) in [4.78, 5) is 25.7. The van der Waals surface area contributed by atoms with Gasteiger partial charge in [0.25, 0.3) is 0 Å². The zero-order valence-electron chi connectivity index (χ0n) is 12.1. The standard InChI is InChI=1S/C16H21N3O2/c17-15(21)13-4-2-1-3-12(13)10-19-11-16(9-14(19)20)5-7-18-8-6-16/h1-4,18H,5-11H2,(H2,17,21). The molecule has 0 bridgehead atoms. The third-order valence-electron chi connectivity index (χ3n) is 4.71. The van der Waals surface area contributed by atoms with E-state index >= 15 is 0 Å². The van der Waals surface area contributed by atoms with Crippen LogP contribution in [0.5, 0.6) is 0 Å². The number of nitrogens with one attached hydrogen (secondary N) is 1. The Morgan fingerprint density at radius 1 is 1.29 bits per heavy atom. The van der Waals surface area contributed by atoms with Crippen LogP contribution in [0.2, 0.25) is 0 Å². The second-order valence-corrected chi connectivity index (χ2v) is 6.20. The van der Waals surface area contributed by atoms with Gasteiger partial charge in [0.2, 0.25) is 11.8 Å². The third kappa shape index (κ3) is 2.78. The van der Waals surface area contributed by atoms with E-state index in [-0.39, 0.29) is 11.3 Å². The lowest BCUT2D eigenvalue weighted by Gasteiger charge is -2.33. The summed E-state index contributed by atoms with van der Waals surface area (Å²) in [6.07, 6.45) is 2.73. The molecular weight excluding hydrogens is 266 g/mol. The minimum absolute atomic E-state index is 0.129. The number of hydrogen-bond donors (Lipinski definition) is 2. The van der Waals surface area contributed by atoms with Crippen molar-refractivity contribution in [3.8, 4) is 0 Å². The van der Waals surface area contributed by atoms with Crippen LogP contribution < -0.4 is 11.1 Å². The molecule has 0 aromatic heterocycles. The van der Waals surface area contributed by atoms with Gasteiger partial charge >= 0.3 is 0 Å². The maximum atomic E-state index is 12.3. The first-order valence-corrected chi connectivity index (χ1v) is 7.46. The molecule has 2 saturated heterocycles. The average molecular weight is 287 g/mol. The van der Waals surface area contributed by atoms with Crippen molar-refractivity contribution in [2.75, 3.05) is 19.6 Å². The highest BCUT2D eigenvalue weighted by molar-refractivity contribution is 5.94. The van der Waals surface area contributed by atoms with Gasteiger partial charge in [0, 0.05) is 25.1 Å². The number of carbonyl (C=O) groups excluding carboxylic acids is 2. The van der Waals surface area contributed by atoms with Gasteiger partial charge in [0.1, 0.15) is 0 Å². The molecule has 0 atom stereocenters. The lowest BCUT2D eigenvalue weighted by atomic mass is 9.78. The molecule has 0 radical (unpaired) electrons. The first-order valence-electron chi connectivity index (χ1n) is 7.46. The SMILES string of the molecule is NC(=O)c1ccccc1CN1CC2(CCNCC2)CC1=O. The number of likely N-dealkylation sites (tertiary alicyclic amines) is 1. The lowest BCUT2D eigenvalue weighted by Crippen LogP contribution is -2.38. The monoisotopic (exact) mass is 287 g/mol. The molecule has 112 valence electrons. The average Bonchev–Trinajstić information content (AvgIpc) is 2.75. The molecule has 3 N–H and O–H groups in total. The van der Waals surface area contributed by atoms with Crippen molar-refractivity contribution in [3.05, 3.63) is 35.4 Å². The predicted octanol–water partition coefficient (Wildman–Crippen LogP) is 0.888. The Kier molecular flexibility index (Phi) is 3.68. The van der Waals surface area contributed by atoms with Crippen LogP contribution in [0.15, 0.2) is 24.3 Å². The van der Waals surface area contributed by atoms with Crippen molar-refractivity contribution >= 4 is 11.8 Å². The zero-order valence-corrected chi connectivity index (χ0v) is 12.1. The first kappa shape index (κ1) is 14.1. The highest BCUT2D eigenvalue weighted by atomic mass is 16.2. The second-order valence-electron chi connectivity index (χ2n) is 6.20. The Hall–Kier alpha value is -1.88. The summed E-state index contributed by atoms with van der Waals surface area (Å²) in [5, 5.41) is 3.35. The largest absolute Gasteiger partial charge is 0.366 e. The van der Waals surface area contributed by atoms with Crippen LogP contribution in [-0.4, -0.2) is 36.3 Å². The van der Waals surface area contributed by atoms with Crippen LogP contribution in [0.1, 0.15) is 35.2 Å². The van der Waals surface area contributed by atoms with Crippen LogP contribution in [0.3, 0.4) is 0 Å². The summed E-state index contributed by atoms with van der Waals surface area (Å²) >= 11 is 0. The molecule has 5 nitrogen and oxygen atoms in total. The van der Waals surface area contributed by atoms with Crippen LogP contribution in [0.4, 0.5) is 0 Å². The molecular formula is C16H21N3O2. The van der Waals surface area contributed by atoms with Crippen molar-refractivity contribution in [2.24, 2.45) is 11.1 Å². The molecule has 2 heterocycles. The van der Waals surface area contributed by atoms with E-state index in [2.05, 4.69) is 5.32 Å². The van der Waals surface area contributed by atoms with Crippen LogP contribution in [0, 0.1) is 5.41 Å². The van der Waals surface area contributed by atoms with E-state index in [1.807, 2.05) is 17.0 Å². The van der Waals surface area contributed by atoms with E-state index in [0.29, 0.717) is 18.5 Å². The minimum atomic E-state index is -0.436.